The molecule has 0 bridgehead atoms. The number of benzene rings is 1. The lowest BCUT2D eigenvalue weighted by Gasteiger charge is -2.37. The van der Waals surface area contributed by atoms with Crippen LogP contribution in [0.15, 0.2) is 29.2 Å². The van der Waals surface area contributed by atoms with Crippen molar-refractivity contribution in [3.8, 4) is 0 Å². The average molecular weight is 256 g/mol. The van der Waals surface area contributed by atoms with Crippen LogP contribution in [0.2, 0.25) is 0 Å². The van der Waals surface area contributed by atoms with Gasteiger partial charge in [-0.15, -0.1) is 0 Å². The average Bonchev–Trinajstić information content (AvgIpc) is 2.24. The van der Waals surface area contributed by atoms with E-state index in [-0.39, 0.29) is 16.9 Å². The van der Waals surface area contributed by atoms with Crippen molar-refractivity contribution in [1.82, 2.24) is 0 Å². The summed E-state index contributed by atoms with van der Waals surface area (Å²) >= 11 is 0. The monoisotopic (exact) mass is 256 g/mol. The first kappa shape index (κ1) is 12.5. The Bertz CT molecular complexity index is 503. The van der Waals surface area contributed by atoms with Crippen molar-refractivity contribution < 1.29 is 17.3 Å². The molecule has 1 aliphatic rings. The van der Waals surface area contributed by atoms with Crippen LogP contribution in [-0.4, -0.2) is 28.2 Å². The van der Waals surface area contributed by atoms with Gasteiger partial charge >= 0.3 is 0 Å². The van der Waals surface area contributed by atoms with Gasteiger partial charge in [0.15, 0.2) is 0 Å². The summed E-state index contributed by atoms with van der Waals surface area (Å²) in [5, 5.41) is 0. The maximum absolute atomic E-state index is 12.0. The van der Waals surface area contributed by atoms with Crippen LogP contribution in [-0.2, 0) is 19.0 Å². The summed E-state index contributed by atoms with van der Waals surface area (Å²) < 4.78 is 34.1. The molecule has 94 valence electrons. The molecule has 0 spiro atoms. The third kappa shape index (κ3) is 2.68. The van der Waals surface area contributed by atoms with E-state index >= 15 is 0 Å². The predicted molar refractivity (Wildman–Crippen MR) is 63.2 cm³/mol. The number of ether oxygens (including phenoxy) is 1. The van der Waals surface area contributed by atoms with Crippen molar-refractivity contribution in [2.75, 3.05) is 19.8 Å². The van der Waals surface area contributed by atoms with Crippen molar-refractivity contribution in [2.45, 2.75) is 18.7 Å². The Hall–Kier alpha value is -0.910. The van der Waals surface area contributed by atoms with Crippen molar-refractivity contribution in [3.05, 3.63) is 29.8 Å². The summed E-state index contributed by atoms with van der Waals surface area (Å²) in [6.07, 6.45) is 0. The van der Waals surface area contributed by atoms with Crippen molar-refractivity contribution in [1.29, 1.82) is 0 Å². The van der Waals surface area contributed by atoms with Gasteiger partial charge in [0, 0.05) is 5.41 Å². The lowest BCUT2D eigenvalue weighted by Crippen LogP contribution is -2.44. The van der Waals surface area contributed by atoms with Crippen molar-refractivity contribution in [2.24, 2.45) is 5.41 Å². The zero-order valence-corrected chi connectivity index (χ0v) is 10.8. The van der Waals surface area contributed by atoms with E-state index in [4.69, 9.17) is 8.92 Å². The third-order valence-electron chi connectivity index (χ3n) is 2.83. The lowest BCUT2D eigenvalue weighted by atomic mass is 9.90. The minimum Gasteiger partial charge on any atom is -0.380 e. The van der Waals surface area contributed by atoms with Crippen LogP contribution >= 0.6 is 0 Å². The molecule has 0 N–H and O–H groups in total. The molecule has 2 rings (SSSR count). The highest BCUT2D eigenvalue weighted by atomic mass is 32.2. The van der Waals surface area contributed by atoms with Crippen LogP contribution < -0.4 is 0 Å². The minimum atomic E-state index is -3.66. The first-order valence-electron chi connectivity index (χ1n) is 5.46. The molecular formula is C12H16O4S. The van der Waals surface area contributed by atoms with Gasteiger partial charge in [-0.05, 0) is 18.6 Å². The highest BCUT2D eigenvalue weighted by Crippen LogP contribution is 2.28. The second kappa shape index (κ2) is 4.40. The first-order valence-corrected chi connectivity index (χ1v) is 6.87. The summed E-state index contributed by atoms with van der Waals surface area (Å²) in [5.74, 6) is 0. The van der Waals surface area contributed by atoms with E-state index in [1.165, 1.54) is 0 Å². The fraction of sp³-hybridized carbons (Fsp3) is 0.500. The van der Waals surface area contributed by atoms with Crippen LogP contribution in [0.25, 0.3) is 0 Å². The molecule has 0 aliphatic carbocycles. The molecule has 1 aromatic rings. The Labute approximate surface area is 102 Å². The molecule has 0 saturated carbocycles. The largest absolute Gasteiger partial charge is 0.380 e. The maximum atomic E-state index is 12.0. The van der Waals surface area contributed by atoms with Gasteiger partial charge < -0.3 is 4.74 Å². The quantitative estimate of drug-likeness (QED) is 0.770. The molecule has 0 aromatic heterocycles. The molecule has 0 radical (unpaired) electrons. The molecule has 1 heterocycles. The highest BCUT2D eigenvalue weighted by Gasteiger charge is 2.35. The van der Waals surface area contributed by atoms with Gasteiger partial charge in [0.05, 0.1) is 24.7 Å². The van der Waals surface area contributed by atoms with E-state index in [2.05, 4.69) is 0 Å². The molecule has 1 fully saturated rings. The first-order chi connectivity index (χ1) is 7.93. The standard InChI is InChI=1S/C12H16O4S/c1-10-5-3-4-6-11(10)17(13,14)16-9-12(2)7-15-8-12/h3-6H,7-9H2,1-2H3. The fourth-order valence-corrected chi connectivity index (χ4v) is 2.93. The van der Waals surface area contributed by atoms with Crippen LogP contribution in [0.4, 0.5) is 0 Å². The molecule has 0 unspecified atom stereocenters. The van der Waals surface area contributed by atoms with Crippen LogP contribution in [0, 0.1) is 12.3 Å². The van der Waals surface area contributed by atoms with Gasteiger partial charge in [0.25, 0.3) is 10.1 Å². The molecule has 1 saturated heterocycles. The van der Waals surface area contributed by atoms with E-state index in [1.54, 1.807) is 31.2 Å². The van der Waals surface area contributed by atoms with E-state index in [0.29, 0.717) is 18.8 Å². The number of hydrogen-bond acceptors (Lipinski definition) is 4. The Morgan fingerprint density at radius 1 is 1.35 bits per heavy atom. The number of aryl methyl sites for hydroxylation is 1. The van der Waals surface area contributed by atoms with E-state index in [9.17, 15) is 8.42 Å². The van der Waals surface area contributed by atoms with Crippen LogP contribution in [0.5, 0.6) is 0 Å². The fourth-order valence-electron chi connectivity index (χ4n) is 1.65. The van der Waals surface area contributed by atoms with E-state index < -0.39 is 10.1 Å². The molecular weight excluding hydrogens is 240 g/mol. The van der Waals surface area contributed by atoms with E-state index in [0.717, 1.165) is 0 Å². The van der Waals surface area contributed by atoms with Crippen molar-refractivity contribution >= 4 is 10.1 Å². The summed E-state index contributed by atoms with van der Waals surface area (Å²) in [6, 6.07) is 6.81. The Morgan fingerprint density at radius 3 is 2.53 bits per heavy atom. The zero-order chi connectivity index (χ0) is 12.5. The molecule has 5 heteroatoms. The molecule has 0 amide bonds. The van der Waals surface area contributed by atoms with Crippen molar-refractivity contribution in [3.63, 3.8) is 0 Å². The van der Waals surface area contributed by atoms with Gasteiger partial charge in [0.2, 0.25) is 0 Å². The Balaban J connectivity index is 2.12. The smallest absolute Gasteiger partial charge is 0.297 e. The lowest BCUT2D eigenvalue weighted by molar-refractivity contribution is -0.119. The third-order valence-corrected chi connectivity index (χ3v) is 4.25. The molecule has 0 atom stereocenters. The Kier molecular flexibility index (Phi) is 3.25. The SMILES string of the molecule is Cc1ccccc1S(=O)(=O)OCC1(C)COC1. The van der Waals surface area contributed by atoms with E-state index in [1.807, 2.05) is 6.92 Å². The van der Waals surface area contributed by atoms with Crippen LogP contribution in [0.3, 0.4) is 0 Å². The Morgan fingerprint density at radius 2 is 2.00 bits per heavy atom. The van der Waals surface area contributed by atoms with Gasteiger partial charge in [-0.3, -0.25) is 4.18 Å². The normalized spacial score (nSPS) is 18.7. The summed E-state index contributed by atoms with van der Waals surface area (Å²) in [4.78, 5) is 0.240. The molecule has 1 aromatic carbocycles. The minimum absolute atomic E-state index is 0.170. The highest BCUT2D eigenvalue weighted by molar-refractivity contribution is 7.86. The molecule has 1 aliphatic heterocycles. The second-order valence-corrected chi connectivity index (χ2v) is 6.37. The summed E-state index contributed by atoms with van der Waals surface area (Å²) in [7, 11) is -3.66. The zero-order valence-electron chi connectivity index (χ0n) is 9.97. The molecule has 4 nitrogen and oxygen atoms in total. The van der Waals surface area contributed by atoms with Gasteiger partial charge in [-0.25, -0.2) is 0 Å². The summed E-state index contributed by atoms with van der Waals surface area (Å²) in [5.41, 5.74) is 0.526. The number of hydrogen-bond donors (Lipinski definition) is 0. The maximum Gasteiger partial charge on any atom is 0.297 e. The van der Waals surface area contributed by atoms with Crippen LogP contribution in [0.1, 0.15) is 12.5 Å². The number of rotatable bonds is 4. The van der Waals surface area contributed by atoms with Gasteiger partial charge in [-0.1, -0.05) is 25.1 Å². The second-order valence-electron chi connectivity index (χ2n) is 4.79. The van der Waals surface area contributed by atoms with Gasteiger partial charge in [0.1, 0.15) is 0 Å². The molecule has 17 heavy (non-hydrogen) atoms. The predicted octanol–water partition coefficient (Wildman–Crippen LogP) is 1.74. The van der Waals surface area contributed by atoms with Gasteiger partial charge in [-0.2, -0.15) is 8.42 Å². The topological polar surface area (TPSA) is 52.6 Å². The summed E-state index contributed by atoms with van der Waals surface area (Å²) in [6.45, 7) is 4.98.